The van der Waals surface area contributed by atoms with E-state index in [1.807, 2.05) is 36.7 Å². The average Bonchev–Trinajstić information content (AvgIpc) is 2.91. The van der Waals surface area contributed by atoms with Gasteiger partial charge in [0.05, 0.1) is 6.61 Å². The fourth-order valence-corrected chi connectivity index (χ4v) is 2.05. The molecule has 0 aliphatic heterocycles. The fraction of sp³-hybridized carbons (Fsp3) is 0.400. The van der Waals surface area contributed by atoms with Gasteiger partial charge < -0.3 is 15.0 Å². The van der Waals surface area contributed by atoms with Crippen LogP contribution >= 0.6 is 0 Å². The van der Waals surface area contributed by atoms with E-state index in [-0.39, 0.29) is 0 Å². The Morgan fingerprint density at radius 2 is 2.26 bits per heavy atom. The Hall–Kier alpha value is -1.81. The number of rotatable bonds is 7. The number of nitrogens with zero attached hydrogens (tertiary/aromatic N) is 2. The molecule has 2 rings (SSSR count). The maximum atomic E-state index is 5.73. The first-order chi connectivity index (χ1) is 9.33. The van der Waals surface area contributed by atoms with Gasteiger partial charge >= 0.3 is 0 Å². The molecule has 0 unspecified atom stereocenters. The summed E-state index contributed by atoms with van der Waals surface area (Å²) in [5, 5.41) is 0. The third-order valence-electron chi connectivity index (χ3n) is 3.06. The largest absolute Gasteiger partial charge is 0.494 e. The molecule has 0 aliphatic carbocycles. The molecule has 0 saturated carbocycles. The highest BCUT2D eigenvalue weighted by atomic mass is 16.5. The predicted molar refractivity (Wildman–Crippen MR) is 76.1 cm³/mol. The molecule has 0 atom stereocenters. The molecule has 0 radical (unpaired) electrons. The lowest BCUT2D eigenvalue weighted by Crippen LogP contribution is -2.07. The highest BCUT2D eigenvalue weighted by Crippen LogP contribution is 2.13. The lowest BCUT2D eigenvalue weighted by molar-refractivity contribution is 0.300. The lowest BCUT2D eigenvalue weighted by atomic mass is 10.2. The Bertz CT molecular complexity index is 508. The number of imidazole rings is 1. The SMILES string of the molecule is CCc1nccn1CCCOc1cccc(CN)c1. The van der Waals surface area contributed by atoms with Crippen LogP contribution in [0.25, 0.3) is 0 Å². The molecule has 0 fully saturated rings. The summed E-state index contributed by atoms with van der Waals surface area (Å²) in [6.45, 7) is 4.31. The molecular formula is C15H21N3O. The molecule has 1 heterocycles. The Morgan fingerprint density at radius 3 is 3.05 bits per heavy atom. The number of hydrogen-bond acceptors (Lipinski definition) is 3. The monoisotopic (exact) mass is 259 g/mol. The van der Waals surface area contributed by atoms with E-state index in [1.54, 1.807) is 0 Å². The fourth-order valence-electron chi connectivity index (χ4n) is 2.05. The van der Waals surface area contributed by atoms with Gasteiger partial charge in [0.2, 0.25) is 0 Å². The smallest absolute Gasteiger partial charge is 0.119 e. The Balaban J connectivity index is 1.77. The molecule has 0 aliphatic rings. The van der Waals surface area contributed by atoms with Crippen molar-refractivity contribution in [2.24, 2.45) is 5.73 Å². The molecule has 0 bridgehead atoms. The maximum absolute atomic E-state index is 5.73. The zero-order valence-electron chi connectivity index (χ0n) is 11.4. The van der Waals surface area contributed by atoms with E-state index in [0.29, 0.717) is 13.2 Å². The third kappa shape index (κ3) is 3.83. The minimum Gasteiger partial charge on any atom is -0.494 e. The van der Waals surface area contributed by atoms with Crippen LogP contribution in [0.4, 0.5) is 0 Å². The van der Waals surface area contributed by atoms with Gasteiger partial charge in [-0.25, -0.2) is 4.98 Å². The van der Waals surface area contributed by atoms with Gasteiger partial charge in [0, 0.05) is 31.9 Å². The lowest BCUT2D eigenvalue weighted by Gasteiger charge is -2.09. The standard InChI is InChI=1S/C15H21N3O/c1-2-15-17-7-9-18(15)8-4-10-19-14-6-3-5-13(11-14)12-16/h3,5-7,9,11H,2,4,8,10,12,16H2,1H3. The number of hydrogen-bond donors (Lipinski definition) is 1. The molecular weight excluding hydrogens is 238 g/mol. The number of benzene rings is 1. The second-order valence-electron chi connectivity index (χ2n) is 4.44. The summed E-state index contributed by atoms with van der Waals surface area (Å²) >= 11 is 0. The first-order valence-corrected chi connectivity index (χ1v) is 6.75. The van der Waals surface area contributed by atoms with E-state index >= 15 is 0 Å². The second kappa shape index (κ2) is 6.95. The number of aromatic nitrogens is 2. The van der Waals surface area contributed by atoms with Crippen molar-refractivity contribution in [1.29, 1.82) is 0 Å². The Labute approximate surface area is 114 Å². The van der Waals surface area contributed by atoms with Crippen LogP contribution in [0.15, 0.2) is 36.7 Å². The molecule has 19 heavy (non-hydrogen) atoms. The maximum Gasteiger partial charge on any atom is 0.119 e. The van der Waals surface area contributed by atoms with Crippen LogP contribution in [0.5, 0.6) is 5.75 Å². The van der Waals surface area contributed by atoms with Gasteiger partial charge in [0.15, 0.2) is 0 Å². The third-order valence-corrected chi connectivity index (χ3v) is 3.06. The van der Waals surface area contributed by atoms with Crippen molar-refractivity contribution in [1.82, 2.24) is 9.55 Å². The van der Waals surface area contributed by atoms with Crippen molar-refractivity contribution in [2.45, 2.75) is 32.9 Å². The number of nitrogens with two attached hydrogens (primary N) is 1. The van der Waals surface area contributed by atoms with Gasteiger partial charge in [0.25, 0.3) is 0 Å². The molecule has 1 aromatic heterocycles. The highest BCUT2D eigenvalue weighted by molar-refractivity contribution is 5.28. The Kier molecular flexibility index (Phi) is 4.98. The van der Waals surface area contributed by atoms with Gasteiger partial charge in [-0.15, -0.1) is 0 Å². The van der Waals surface area contributed by atoms with Crippen molar-refractivity contribution < 1.29 is 4.74 Å². The van der Waals surface area contributed by atoms with Crippen molar-refractivity contribution in [3.8, 4) is 5.75 Å². The summed E-state index contributed by atoms with van der Waals surface area (Å²) in [5.74, 6) is 2.02. The van der Waals surface area contributed by atoms with Crippen LogP contribution in [0.1, 0.15) is 24.7 Å². The van der Waals surface area contributed by atoms with Crippen LogP contribution in [-0.4, -0.2) is 16.2 Å². The molecule has 4 heteroatoms. The molecule has 102 valence electrons. The van der Waals surface area contributed by atoms with Gasteiger partial charge in [-0.3, -0.25) is 0 Å². The summed E-state index contributed by atoms with van der Waals surface area (Å²) in [5.41, 5.74) is 6.70. The van der Waals surface area contributed by atoms with Gasteiger partial charge in [0.1, 0.15) is 11.6 Å². The summed E-state index contributed by atoms with van der Waals surface area (Å²) in [4.78, 5) is 4.30. The molecule has 2 aromatic rings. The Morgan fingerprint density at radius 1 is 1.37 bits per heavy atom. The molecule has 1 aromatic carbocycles. The topological polar surface area (TPSA) is 53.1 Å². The summed E-state index contributed by atoms with van der Waals surface area (Å²) in [7, 11) is 0. The van der Waals surface area contributed by atoms with E-state index < -0.39 is 0 Å². The van der Waals surface area contributed by atoms with Crippen molar-refractivity contribution in [2.75, 3.05) is 6.61 Å². The molecule has 2 N–H and O–H groups in total. The first-order valence-electron chi connectivity index (χ1n) is 6.75. The van der Waals surface area contributed by atoms with Crippen LogP contribution in [0, 0.1) is 0 Å². The van der Waals surface area contributed by atoms with Crippen LogP contribution < -0.4 is 10.5 Å². The van der Waals surface area contributed by atoms with Gasteiger partial charge in [-0.1, -0.05) is 19.1 Å². The predicted octanol–water partition coefficient (Wildman–Crippen LogP) is 2.37. The van der Waals surface area contributed by atoms with Crippen molar-refractivity contribution in [3.63, 3.8) is 0 Å². The molecule has 0 amide bonds. The summed E-state index contributed by atoms with van der Waals surface area (Å²) < 4.78 is 7.91. The van der Waals surface area contributed by atoms with E-state index in [1.165, 1.54) is 0 Å². The molecule has 0 spiro atoms. The van der Waals surface area contributed by atoms with Crippen molar-refractivity contribution >= 4 is 0 Å². The van der Waals surface area contributed by atoms with E-state index in [0.717, 1.165) is 36.5 Å². The zero-order valence-corrected chi connectivity index (χ0v) is 11.4. The minimum atomic E-state index is 0.548. The van der Waals surface area contributed by atoms with Crippen LogP contribution in [-0.2, 0) is 19.5 Å². The summed E-state index contributed by atoms with van der Waals surface area (Å²) in [6.07, 6.45) is 5.81. The van der Waals surface area contributed by atoms with E-state index in [4.69, 9.17) is 10.5 Å². The highest BCUT2D eigenvalue weighted by Gasteiger charge is 2.00. The number of ether oxygens (including phenoxy) is 1. The molecule has 0 saturated heterocycles. The number of aryl methyl sites for hydroxylation is 2. The minimum absolute atomic E-state index is 0.548. The first kappa shape index (κ1) is 13.6. The summed E-state index contributed by atoms with van der Waals surface area (Å²) in [6, 6.07) is 7.94. The zero-order chi connectivity index (χ0) is 13.5. The quantitative estimate of drug-likeness (QED) is 0.777. The van der Waals surface area contributed by atoms with E-state index in [2.05, 4.69) is 16.5 Å². The van der Waals surface area contributed by atoms with Crippen molar-refractivity contribution in [3.05, 3.63) is 48.0 Å². The van der Waals surface area contributed by atoms with Gasteiger partial charge in [-0.2, -0.15) is 0 Å². The molecule has 4 nitrogen and oxygen atoms in total. The van der Waals surface area contributed by atoms with Gasteiger partial charge in [-0.05, 0) is 24.1 Å². The van der Waals surface area contributed by atoms with E-state index in [9.17, 15) is 0 Å². The second-order valence-corrected chi connectivity index (χ2v) is 4.44. The average molecular weight is 259 g/mol. The normalized spacial score (nSPS) is 10.6. The van der Waals surface area contributed by atoms with Crippen LogP contribution in [0.2, 0.25) is 0 Å². The van der Waals surface area contributed by atoms with Crippen LogP contribution in [0.3, 0.4) is 0 Å².